The first-order valence-corrected chi connectivity index (χ1v) is 7.04. The van der Waals surface area contributed by atoms with Crippen molar-refractivity contribution in [3.8, 4) is 5.75 Å². The molecule has 0 unspecified atom stereocenters. The van der Waals surface area contributed by atoms with Crippen molar-refractivity contribution in [3.63, 3.8) is 0 Å². The molecule has 0 atom stereocenters. The Balaban J connectivity index is 1.91. The third-order valence-corrected chi connectivity index (χ3v) is 4.18. The van der Waals surface area contributed by atoms with E-state index in [1.54, 1.807) is 25.3 Å². The van der Waals surface area contributed by atoms with Gasteiger partial charge in [0.05, 0.1) is 12.7 Å². The molecule has 0 spiro atoms. The van der Waals surface area contributed by atoms with Gasteiger partial charge in [-0.3, -0.25) is 9.59 Å². The maximum absolute atomic E-state index is 12.6. The van der Waals surface area contributed by atoms with E-state index in [0.717, 1.165) is 16.8 Å². The minimum Gasteiger partial charge on any atom is -0.497 e. The Bertz CT molecular complexity index is 864. The number of Topliss-reactive ketones (excluding diaryl/α,β-unsaturated/α-hetero) is 1. The third-order valence-electron chi connectivity index (χ3n) is 4.18. The molecule has 4 heteroatoms. The quantitative estimate of drug-likeness (QED) is 0.822. The molecule has 1 amide bonds. The maximum Gasteiger partial charge on any atom is 0.256 e. The molecule has 0 aromatic heterocycles. The molecular formula is C18H13NO3. The summed E-state index contributed by atoms with van der Waals surface area (Å²) in [5.74, 6) is 0.382. The van der Waals surface area contributed by atoms with Gasteiger partial charge in [0.1, 0.15) is 5.75 Å². The zero-order valence-corrected chi connectivity index (χ0v) is 12.0. The minimum atomic E-state index is -0.223. The highest BCUT2D eigenvalue weighted by molar-refractivity contribution is 6.37. The van der Waals surface area contributed by atoms with Gasteiger partial charge < -0.3 is 10.1 Å². The molecule has 4 rings (SSSR count). The number of benzene rings is 2. The molecule has 0 bridgehead atoms. The molecule has 1 aliphatic carbocycles. The third kappa shape index (κ3) is 1.70. The zero-order chi connectivity index (χ0) is 15.3. The number of allylic oxidation sites excluding steroid dienone is 1. The summed E-state index contributed by atoms with van der Waals surface area (Å²) < 4.78 is 5.23. The number of carbonyl (C=O) groups is 2. The lowest BCUT2D eigenvalue weighted by Crippen LogP contribution is -2.09. The smallest absolute Gasteiger partial charge is 0.256 e. The summed E-state index contributed by atoms with van der Waals surface area (Å²) in [6.07, 6.45) is 0.494. The molecule has 1 N–H and O–H groups in total. The molecule has 1 heterocycles. The number of carbonyl (C=O) groups excluding carboxylic acids is 2. The number of anilines is 1. The van der Waals surface area contributed by atoms with Gasteiger partial charge in [0.25, 0.3) is 5.91 Å². The van der Waals surface area contributed by atoms with E-state index < -0.39 is 0 Å². The molecule has 2 aliphatic rings. The van der Waals surface area contributed by atoms with E-state index >= 15 is 0 Å². The van der Waals surface area contributed by atoms with Gasteiger partial charge in [-0.2, -0.15) is 0 Å². The number of hydrogen-bond donors (Lipinski definition) is 1. The zero-order valence-electron chi connectivity index (χ0n) is 12.0. The summed E-state index contributed by atoms with van der Waals surface area (Å²) in [5, 5.41) is 2.82. The first kappa shape index (κ1) is 12.8. The van der Waals surface area contributed by atoms with Crippen LogP contribution in [0.15, 0.2) is 48.0 Å². The first-order valence-electron chi connectivity index (χ1n) is 7.04. The van der Waals surface area contributed by atoms with E-state index in [0.29, 0.717) is 28.9 Å². The lowest BCUT2D eigenvalue weighted by Gasteiger charge is -2.04. The summed E-state index contributed by atoms with van der Waals surface area (Å²) in [6, 6.07) is 12.9. The highest BCUT2D eigenvalue weighted by Gasteiger charge is 2.34. The fourth-order valence-electron chi connectivity index (χ4n) is 3.10. The average Bonchev–Trinajstić information content (AvgIpc) is 3.03. The van der Waals surface area contributed by atoms with Gasteiger partial charge in [-0.25, -0.2) is 0 Å². The van der Waals surface area contributed by atoms with Crippen LogP contribution in [-0.2, 0) is 11.2 Å². The minimum absolute atomic E-state index is 0.0589. The van der Waals surface area contributed by atoms with Crippen LogP contribution in [0, 0.1) is 0 Å². The summed E-state index contributed by atoms with van der Waals surface area (Å²) in [4.78, 5) is 25.0. The molecule has 2 aromatic rings. The van der Waals surface area contributed by atoms with Crippen LogP contribution in [0.2, 0.25) is 0 Å². The summed E-state index contributed by atoms with van der Waals surface area (Å²) in [5.41, 5.74) is 4.15. The Morgan fingerprint density at radius 3 is 2.64 bits per heavy atom. The largest absolute Gasteiger partial charge is 0.497 e. The molecule has 2 aromatic carbocycles. The van der Waals surface area contributed by atoms with E-state index in [4.69, 9.17) is 4.74 Å². The van der Waals surface area contributed by atoms with E-state index in [9.17, 15) is 9.59 Å². The topological polar surface area (TPSA) is 55.4 Å². The highest BCUT2D eigenvalue weighted by atomic mass is 16.5. The Morgan fingerprint density at radius 1 is 1.05 bits per heavy atom. The van der Waals surface area contributed by atoms with Crippen molar-refractivity contribution in [2.45, 2.75) is 6.42 Å². The second-order valence-corrected chi connectivity index (χ2v) is 5.38. The Kier molecular flexibility index (Phi) is 2.66. The lowest BCUT2D eigenvalue weighted by atomic mass is 9.98. The number of methoxy groups -OCH3 is 1. The summed E-state index contributed by atoms with van der Waals surface area (Å²) in [6.45, 7) is 0. The number of hydrogen-bond acceptors (Lipinski definition) is 3. The number of nitrogens with one attached hydrogen (secondary N) is 1. The molecule has 0 radical (unpaired) electrons. The van der Waals surface area contributed by atoms with Crippen molar-refractivity contribution in [1.29, 1.82) is 0 Å². The molecule has 4 nitrogen and oxygen atoms in total. The Labute approximate surface area is 127 Å². The molecule has 0 saturated carbocycles. The van der Waals surface area contributed by atoms with Crippen molar-refractivity contribution in [2.75, 3.05) is 12.4 Å². The van der Waals surface area contributed by atoms with Crippen LogP contribution >= 0.6 is 0 Å². The van der Waals surface area contributed by atoms with Crippen LogP contribution < -0.4 is 10.1 Å². The normalized spacial score (nSPS) is 19.0. The summed E-state index contributed by atoms with van der Waals surface area (Å²) >= 11 is 0. The van der Waals surface area contributed by atoms with Gasteiger partial charge in [-0.05, 0) is 23.8 Å². The monoisotopic (exact) mass is 291 g/mol. The highest BCUT2D eigenvalue weighted by Crippen LogP contribution is 2.40. The molecule has 22 heavy (non-hydrogen) atoms. The second-order valence-electron chi connectivity index (χ2n) is 5.38. The van der Waals surface area contributed by atoms with Crippen LogP contribution in [0.3, 0.4) is 0 Å². The fraction of sp³-hybridized carbons (Fsp3) is 0.111. The number of ether oxygens (including phenoxy) is 1. The number of rotatable bonds is 1. The second kappa shape index (κ2) is 4.56. The van der Waals surface area contributed by atoms with Crippen LogP contribution in [0.4, 0.5) is 5.69 Å². The van der Waals surface area contributed by atoms with Crippen molar-refractivity contribution in [2.24, 2.45) is 0 Å². The van der Waals surface area contributed by atoms with Crippen LogP contribution in [0.5, 0.6) is 5.75 Å². The van der Waals surface area contributed by atoms with Gasteiger partial charge in [0, 0.05) is 28.8 Å². The van der Waals surface area contributed by atoms with E-state index in [1.807, 2.05) is 24.3 Å². The van der Waals surface area contributed by atoms with E-state index in [1.165, 1.54) is 0 Å². The van der Waals surface area contributed by atoms with Crippen LogP contribution in [0.1, 0.15) is 21.5 Å². The van der Waals surface area contributed by atoms with Gasteiger partial charge in [0.2, 0.25) is 0 Å². The standard InChI is InChI=1S/C18H13NO3/c1-22-11-6-7-15-13(9-11)16(18(21)19-15)14-8-10-4-2-3-5-12(10)17(14)20/h2-7,9H,8H2,1H3,(H,19,21)/b16-14+. The van der Waals surface area contributed by atoms with Crippen molar-refractivity contribution in [3.05, 3.63) is 64.7 Å². The van der Waals surface area contributed by atoms with Gasteiger partial charge in [-0.1, -0.05) is 24.3 Å². The Morgan fingerprint density at radius 2 is 1.86 bits per heavy atom. The predicted molar refractivity (Wildman–Crippen MR) is 83.0 cm³/mol. The molecule has 0 saturated heterocycles. The van der Waals surface area contributed by atoms with Crippen LogP contribution in [0.25, 0.3) is 5.57 Å². The predicted octanol–water partition coefficient (Wildman–Crippen LogP) is 2.84. The van der Waals surface area contributed by atoms with Crippen molar-refractivity contribution < 1.29 is 14.3 Å². The SMILES string of the molecule is COc1ccc2c(c1)/C(=C1/Cc3ccccc3C1=O)C(=O)N2. The molecule has 0 fully saturated rings. The first-order chi connectivity index (χ1) is 10.7. The van der Waals surface area contributed by atoms with Gasteiger partial charge in [0.15, 0.2) is 5.78 Å². The molecule has 1 aliphatic heterocycles. The lowest BCUT2D eigenvalue weighted by molar-refractivity contribution is -0.110. The molecular weight excluding hydrogens is 278 g/mol. The summed E-state index contributed by atoms with van der Waals surface area (Å²) in [7, 11) is 1.58. The molecule has 108 valence electrons. The Hall–Kier alpha value is -2.88. The van der Waals surface area contributed by atoms with Crippen LogP contribution in [-0.4, -0.2) is 18.8 Å². The maximum atomic E-state index is 12.6. The van der Waals surface area contributed by atoms with Gasteiger partial charge in [-0.15, -0.1) is 0 Å². The number of fused-ring (bicyclic) bond motifs is 2. The van der Waals surface area contributed by atoms with Gasteiger partial charge >= 0.3 is 0 Å². The van der Waals surface area contributed by atoms with E-state index in [-0.39, 0.29) is 11.7 Å². The van der Waals surface area contributed by atoms with Crippen molar-refractivity contribution in [1.82, 2.24) is 0 Å². The van der Waals surface area contributed by atoms with E-state index in [2.05, 4.69) is 5.32 Å². The van der Waals surface area contributed by atoms with Crippen molar-refractivity contribution >= 4 is 23.0 Å². The fourth-order valence-corrected chi connectivity index (χ4v) is 3.10. The number of ketones is 1. The number of amides is 1. The average molecular weight is 291 g/mol.